The molecule has 6 heteroatoms. The van der Waals surface area contributed by atoms with Crippen molar-refractivity contribution in [1.82, 2.24) is 0 Å². The number of nitrogens with zero attached hydrogens (tertiary/aromatic N) is 2. The molecule has 0 saturated heterocycles. The Kier molecular flexibility index (Phi) is 9.84. The molecule has 0 aliphatic heterocycles. The van der Waals surface area contributed by atoms with Crippen LogP contribution < -0.4 is 0 Å². The van der Waals surface area contributed by atoms with Crippen LogP contribution in [0.15, 0.2) is 64.9 Å². The summed E-state index contributed by atoms with van der Waals surface area (Å²) in [4.78, 5) is 21.9. The minimum absolute atomic E-state index is 0.0752. The molecule has 0 aromatic heterocycles. The third-order valence-corrected chi connectivity index (χ3v) is 3.13. The lowest BCUT2D eigenvalue weighted by Gasteiger charge is -2.09. The van der Waals surface area contributed by atoms with E-state index in [4.69, 9.17) is 14.4 Å². The van der Waals surface area contributed by atoms with E-state index in [-0.39, 0.29) is 12.3 Å². The van der Waals surface area contributed by atoms with Crippen LogP contribution in [0.2, 0.25) is 0 Å². The molecule has 0 heterocycles. The third-order valence-electron chi connectivity index (χ3n) is 3.13. The van der Waals surface area contributed by atoms with Crippen molar-refractivity contribution in [1.29, 1.82) is 0 Å². The largest absolute Gasteiger partial charge is 0.464 e. The molecule has 0 fully saturated rings. The minimum atomic E-state index is -0.586. The maximum absolute atomic E-state index is 11.9. The second kappa shape index (κ2) is 12.2. The molecule has 2 rings (SSSR count). The maximum Gasteiger partial charge on any atom is 0.360 e. The van der Waals surface area contributed by atoms with E-state index in [9.17, 15) is 4.79 Å². The van der Waals surface area contributed by atoms with E-state index in [2.05, 4.69) is 10.3 Å². The van der Waals surface area contributed by atoms with Gasteiger partial charge in [0.05, 0.1) is 13.3 Å². The number of esters is 1. The van der Waals surface area contributed by atoms with E-state index in [0.717, 1.165) is 11.1 Å². The van der Waals surface area contributed by atoms with Crippen molar-refractivity contribution < 1.29 is 19.2 Å². The lowest BCUT2D eigenvalue weighted by molar-refractivity contribution is -0.132. The fraction of sp³-hybridized carbons (Fsp3) is 0.250. The molecular formula is C20H24N2O4. The van der Waals surface area contributed by atoms with Gasteiger partial charge in [-0.05, 0) is 5.56 Å². The van der Waals surface area contributed by atoms with Crippen molar-refractivity contribution in [2.45, 2.75) is 20.5 Å². The van der Waals surface area contributed by atoms with Gasteiger partial charge in [-0.1, -0.05) is 78.8 Å². The number of hydrogen-bond acceptors (Lipinski definition) is 6. The van der Waals surface area contributed by atoms with Crippen LogP contribution in [0.25, 0.3) is 0 Å². The monoisotopic (exact) mass is 356 g/mol. The number of benzene rings is 2. The van der Waals surface area contributed by atoms with E-state index in [1.54, 1.807) is 18.3 Å². The normalized spacial score (nSPS) is 10.7. The van der Waals surface area contributed by atoms with Gasteiger partial charge >= 0.3 is 5.97 Å². The van der Waals surface area contributed by atoms with Gasteiger partial charge in [0, 0.05) is 11.1 Å². The van der Waals surface area contributed by atoms with Crippen molar-refractivity contribution in [3.8, 4) is 0 Å². The molecule has 0 atom stereocenters. The number of oxime groups is 2. The summed E-state index contributed by atoms with van der Waals surface area (Å²) in [5.74, 6) is -0.586. The van der Waals surface area contributed by atoms with E-state index >= 15 is 0 Å². The summed E-state index contributed by atoms with van der Waals surface area (Å²) in [6.45, 7) is 4.18. The van der Waals surface area contributed by atoms with E-state index in [0.29, 0.717) is 5.56 Å². The van der Waals surface area contributed by atoms with Crippen LogP contribution in [-0.2, 0) is 25.8 Å². The van der Waals surface area contributed by atoms with Gasteiger partial charge in [-0.15, -0.1) is 0 Å². The Balaban J connectivity index is 0.00000163. The molecule has 0 spiro atoms. The first kappa shape index (κ1) is 20.9. The molecule has 0 unspecified atom stereocenters. The molecule has 26 heavy (non-hydrogen) atoms. The number of carbonyl (C=O) groups excluding carboxylic acids is 1. The molecule has 2 aromatic rings. The fourth-order valence-corrected chi connectivity index (χ4v) is 2.01. The Morgan fingerprint density at radius 2 is 1.65 bits per heavy atom. The van der Waals surface area contributed by atoms with Gasteiger partial charge < -0.3 is 14.4 Å². The number of rotatable bonds is 7. The summed E-state index contributed by atoms with van der Waals surface area (Å²) in [5, 5.41) is 7.69. The average molecular weight is 356 g/mol. The fourth-order valence-electron chi connectivity index (χ4n) is 2.01. The highest BCUT2D eigenvalue weighted by Crippen LogP contribution is 2.13. The van der Waals surface area contributed by atoms with E-state index in [1.165, 1.54) is 14.2 Å². The average Bonchev–Trinajstić information content (AvgIpc) is 2.71. The van der Waals surface area contributed by atoms with Crippen LogP contribution in [0.3, 0.4) is 0 Å². The second-order valence-electron chi connectivity index (χ2n) is 4.69. The molecular weight excluding hydrogens is 332 g/mol. The lowest BCUT2D eigenvalue weighted by Crippen LogP contribution is -2.19. The molecule has 0 aliphatic rings. The molecule has 0 saturated carbocycles. The van der Waals surface area contributed by atoms with Crippen LogP contribution >= 0.6 is 0 Å². The highest BCUT2D eigenvalue weighted by molar-refractivity contribution is 6.43. The zero-order valence-electron chi connectivity index (χ0n) is 15.5. The molecule has 0 bridgehead atoms. The summed E-state index contributed by atoms with van der Waals surface area (Å²) >= 11 is 0. The van der Waals surface area contributed by atoms with Gasteiger partial charge in [0.2, 0.25) is 0 Å². The summed E-state index contributed by atoms with van der Waals surface area (Å²) in [7, 11) is 2.66. The quantitative estimate of drug-likeness (QED) is 0.430. The number of ether oxygens (including phenoxy) is 1. The standard InChI is InChI=1S/C18H18N2O4.C2H6/c1-22-18(21)17(20-23-2)16-11-7-6-10-15(16)13-24-19-12-14-8-4-3-5-9-14;1-2/h3-12H,13H2,1-2H3;1-2H3/b19-12+,20-17-;. The minimum Gasteiger partial charge on any atom is -0.464 e. The number of carbonyl (C=O) groups is 1. The van der Waals surface area contributed by atoms with E-state index in [1.807, 2.05) is 56.3 Å². The Morgan fingerprint density at radius 1 is 1.00 bits per heavy atom. The molecule has 0 radical (unpaired) electrons. The number of hydrogen-bond donors (Lipinski definition) is 0. The third kappa shape index (κ3) is 6.39. The van der Waals surface area contributed by atoms with Crippen molar-refractivity contribution in [2.24, 2.45) is 10.3 Å². The van der Waals surface area contributed by atoms with Crippen LogP contribution in [0.4, 0.5) is 0 Å². The first-order chi connectivity index (χ1) is 12.8. The van der Waals surface area contributed by atoms with Crippen LogP contribution in [-0.4, -0.2) is 32.1 Å². The summed E-state index contributed by atoms with van der Waals surface area (Å²) in [6.07, 6.45) is 1.62. The van der Waals surface area contributed by atoms with E-state index < -0.39 is 5.97 Å². The topological polar surface area (TPSA) is 69.5 Å². The van der Waals surface area contributed by atoms with Gasteiger partial charge in [-0.3, -0.25) is 0 Å². The smallest absolute Gasteiger partial charge is 0.360 e. The first-order valence-electron chi connectivity index (χ1n) is 8.24. The maximum atomic E-state index is 11.9. The Morgan fingerprint density at radius 3 is 2.31 bits per heavy atom. The summed E-state index contributed by atoms with van der Waals surface area (Å²) in [5.41, 5.74) is 2.32. The van der Waals surface area contributed by atoms with Crippen molar-refractivity contribution in [3.05, 3.63) is 71.3 Å². The van der Waals surface area contributed by atoms with Gasteiger partial charge in [0.1, 0.15) is 13.7 Å². The second-order valence-corrected chi connectivity index (χ2v) is 4.69. The molecule has 2 aromatic carbocycles. The highest BCUT2D eigenvalue weighted by atomic mass is 16.6. The zero-order valence-corrected chi connectivity index (χ0v) is 15.5. The van der Waals surface area contributed by atoms with Crippen molar-refractivity contribution >= 4 is 17.9 Å². The van der Waals surface area contributed by atoms with Gasteiger partial charge in [0.15, 0.2) is 5.71 Å². The number of methoxy groups -OCH3 is 1. The summed E-state index contributed by atoms with van der Waals surface area (Å²) < 4.78 is 4.74. The Bertz CT molecular complexity index is 728. The van der Waals surface area contributed by atoms with Crippen molar-refractivity contribution in [2.75, 3.05) is 14.2 Å². The summed E-state index contributed by atoms with van der Waals surface area (Å²) in [6, 6.07) is 16.8. The molecule has 0 amide bonds. The Hall–Kier alpha value is -3.15. The lowest BCUT2D eigenvalue weighted by atomic mass is 10.0. The van der Waals surface area contributed by atoms with Gasteiger partial charge in [0.25, 0.3) is 0 Å². The van der Waals surface area contributed by atoms with Gasteiger partial charge in [-0.2, -0.15) is 0 Å². The zero-order chi connectivity index (χ0) is 19.2. The van der Waals surface area contributed by atoms with Crippen LogP contribution in [0.1, 0.15) is 30.5 Å². The van der Waals surface area contributed by atoms with Crippen molar-refractivity contribution in [3.63, 3.8) is 0 Å². The molecule has 0 N–H and O–H groups in total. The van der Waals surface area contributed by atoms with Crippen LogP contribution in [0, 0.1) is 0 Å². The van der Waals surface area contributed by atoms with Gasteiger partial charge in [-0.25, -0.2) is 4.79 Å². The predicted octanol–water partition coefficient (Wildman–Crippen LogP) is 3.79. The molecule has 6 nitrogen and oxygen atoms in total. The predicted molar refractivity (Wildman–Crippen MR) is 102 cm³/mol. The molecule has 138 valence electrons. The highest BCUT2D eigenvalue weighted by Gasteiger charge is 2.19. The molecule has 0 aliphatic carbocycles. The first-order valence-corrected chi connectivity index (χ1v) is 8.24. The SMILES string of the molecule is CC.CO/N=C(\C(=O)OC)c1ccccc1CO/N=C/c1ccccc1. The van der Waals surface area contributed by atoms with Crippen LogP contribution in [0.5, 0.6) is 0 Å². The Labute approximate surface area is 154 Å².